The fourth-order valence-electron chi connectivity index (χ4n) is 2.78. The molecular weight excluding hydrogens is 284 g/mol. The average molecular weight is 308 g/mol. The molecule has 1 unspecified atom stereocenters. The van der Waals surface area contributed by atoms with Gasteiger partial charge in [0.15, 0.2) is 0 Å². The predicted octanol–water partition coefficient (Wildman–Crippen LogP) is 0.652. The summed E-state index contributed by atoms with van der Waals surface area (Å²) in [6.45, 7) is 2.50. The molecule has 2 heterocycles. The van der Waals surface area contributed by atoms with Crippen LogP contribution in [-0.2, 0) is 14.8 Å². The third-order valence-corrected chi connectivity index (χ3v) is 7.64. The highest BCUT2D eigenvalue weighted by Gasteiger charge is 2.37. The van der Waals surface area contributed by atoms with E-state index in [9.17, 15) is 8.42 Å². The van der Waals surface area contributed by atoms with E-state index in [0.717, 1.165) is 25.7 Å². The Balaban J connectivity index is 1.92. The molecule has 0 saturated carbocycles. The van der Waals surface area contributed by atoms with E-state index in [1.807, 2.05) is 0 Å². The fourth-order valence-corrected chi connectivity index (χ4v) is 5.22. The van der Waals surface area contributed by atoms with Gasteiger partial charge in [-0.05, 0) is 31.9 Å². The Bertz CT molecular complexity index is 380. The lowest BCUT2D eigenvalue weighted by molar-refractivity contribution is 0.126. The molecule has 0 aromatic rings. The number of nitrogens with zero attached hydrogens (tertiary/aromatic N) is 1. The quantitative estimate of drug-likeness (QED) is 0.807. The van der Waals surface area contributed by atoms with Crippen LogP contribution >= 0.6 is 11.8 Å². The summed E-state index contributed by atoms with van der Waals surface area (Å²) in [6.07, 6.45) is 5.48. The first-order valence-electron chi connectivity index (χ1n) is 6.86. The van der Waals surface area contributed by atoms with Crippen LogP contribution in [0.2, 0.25) is 0 Å². The van der Waals surface area contributed by atoms with Crippen LogP contribution in [0.5, 0.6) is 0 Å². The molecule has 19 heavy (non-hydrogen) atoms. The molecule has 0 amide bonds. The molecule has 1 atom stereocenters. The smallest absolute Gasteiger partial charge is 0.216 e. The van der Waals surface area contributed by atoms with E-state index in [0.29, 0.717) is 26.2 Å². The van der Waals surface area contributed by atoms with Gasteiger partial charge in [-0.15, -0.1) is 0 Å². The van der Waals surface area contributed by atoms with Gasteiger partial charge in [0.2, 0.25) is 10.0 Å². The summed E-state index contributed by atoms with van der Waals surface area (Å²) in [5.41, 5.74) is 5.83. The monoisotopic (exact) mass is 308 g/mol. The molecule has 2 saturated heterocycles. The van der Waals surface area contributed by atoms with Gasteiger partial charge < -0.3 is 10.5 Å². The van der Waals surface area contributed by atoms with Gasteiger partial charge in [-0.25, -0.2) is 12.7 Å². The van der Waals surface area contributed by atoms with Crippen LogP contribution in [0.4, 0.5) is 0 Å². The Morgan fingerprint density at radius 3 is 2.58 bits per heavy atom. The van der Waals surface area contributed by atoms with Gasteiger partial charge in [-0.3, -0.25) is 0 Å². The number of piperidine rings is 1. The number of hydrogen-bond acceptors (Lipinski definition) is 5. The van der Waals surface area contributed by atoms with Gasteiger partial charge in [0, 0.05) is 31.0 Å². The first-order valence-corrected chi connectivity index (χ1v) is 9.69. The van der Waals surface area contributed by atoms with Crippen molar-refractivity contribution in [1.82, 2.24) is 4.31 Å². The highest BCUT2D eigenvalue weighted by molar-refractivity contribution is 8.00. The minimum absolute atomic E-state index is 0.0654. The summed E-state index contributed by atoms with van der Waals surface area (Å²) in [5.74, 6) is 0.141. The van der Waals surface area contributed by atoms with E-state index in [1.165, 1.54) is 0 Å². The molecule has 7 heteroatoms. The number of ether oxygens (including phenoxy) is 1. The van der Waals surface area contributed by atoms with E-state index in [1.54, 1.807) is 16.1 Å². The number of thioether (sulfide) groups is 1. The molecule has 2 aliphatic rings. The summed E-state index contributed by atoms with van der Waals surface area (Å²) >= 11 is 1.77. The normalized spacial score (nSPS) is 28.6. The van der Waals surface area contributed by atoms with E-state index in [-0.39, 0.29) is 16.6 Å². The van der Waals surface area contributed by atoms with Crippen LogP contribution < -0.4 is 5.73 Å². The summed E-state index contributed by atoms with van der Waals surface area (Å²) in [7, 11) is -3.18. The number of rotatable bonds is 5. The van der Waals surface area contributed by atoms with E-state index >= 15 is 0 Å². The zero-order chi connectivity index (χ0) is 13.9. The molecule has 0 spiro atoms. The molecular formula is C12H24N2O3S2. The van der Waals surface area contributed by atoms with Crippen molar-refractivity contribution >= 4 is 21.8 Å². The Morgan fingerprint density at radius 1 is 1.42 bits per heavy atom. The highest BCUT2D eigenvalue weighted by Crippen LogP contribution is 2.34. The van der Waals surface area contributed by atoms with E-state index in [4.69, 9.17) is 10.5 Å². The van der Waals surface area contributed by atoms with E-state index < -0.39 is 10.0 Å². The minimum Gasteiger partial charge on any atom is -0.377 e. The van der Waals surface area contributed by atoms with E-state index in [2.05, 4.69) is 6.26 Å². The number of sulfonamides is 1. The van der Waals surface area contributed by atoms with Gasteiger partial charge in [0.1, 0.15) is 0 Å². The molecule has 0 radical (unpaired) electrons. The largest absolute Gasteiger partial charge is 0.377 e. The maximum atomic E-state index is 12.3. The fraction of sp³-hybridized carbons (Fsp3) is 1.00. The predicted molar refractivity (Wildman–Crippen MR) is 78.9 cm³/mol. The second-order valence-corrected chi connectivity index (χ2v) is 8.69. The topological polar surface area (TPSA) is 72.6 Å². The average Bonchev–Trinajstić information content (AvgIpc) is 2.91. The Labute approximate surface area is 120 Å². The van der Waals surface area contributed by atoms with Gasteiger partial charge in [-0.2, -0.15) is 11.8 Å². The first-order chi connectivity index (χ1) is 9.01. The number of hydrogen-bond donors (Lipinski definition) is 1. The Hall–Kier alpha value is 0.180. The second kappa shape index (κ2) is 6.30. The van der Waals surface area contributed by atoms with Gasteiger partial charge in [-0.1, -0.05) is 0 Å². The molecule has 2 N–H and O–H groups in total. The van der Waals surface area contributed by atoms with Gasteiger partial charge in [0.05, 0.1) is 11.9 Å². The number of nitrogens with two attached hydrogens (primary N) is 1. The van der Waals surface area contributed by atoms with Crippen molar-refractivity contribution in [2.24, 2.45) is 5.73 Å². The third-order valence-electron chi connectivity index (χ3n) is 4.25. The molecule has 0 aromatic heterocycles. The van der Waals surface area contributed by atoms with Crippen LogP contribution in [-0.4, -0.2) is 61.8 Å². The SMILES string of the molecule is CSC1(CN)CCN(S(=O)(=O)CC2CCCO2)CC1. The molecule has 112 valence electrons. The first kappa shape index (κ1) is 15.6. The van der Waals surface area contributed by atoms with Crippen LogP contribution in [0.3, 0.4) is 0 Å². The van der Waals surface area contributed by atoms with Crippen LogP contribution in [0, 0.1) is 0 Å². The zero-order valence-corrected chi connectivity index (χ0v) is 13.1. The van der Waals surface area contributed by atoms with Crippen molar-refractivity contribution in [1.29, 1.82) is 0 Å². The standard InChI is InChI=1S/C12H24N2O3S2/c1-18-12(10-13)4-6-14(7-5-12)19(15,16)9-11-3-2-8-17-11/h11H,2-10,13H2,1H3. The zero-order valence-electron chi connectivity index (χ0n) is 11.5. The minimum atomic E-state index is -3.18. The second-order valence-electron chi connectivity index (χ2n) is 5.40. The molecule has 0 aliphatic carbocycles. The summed E-state index contributed by atoms with van der Waals surface area (Å²) in [4.78, 5) is 0. The maximum absolute atomic E-state index is 12.3. The van der Waals surface area contributed by atoms with Gasteiger partial charge in [0.25, 0.3) is 0 Å². The van der Waals surface area contributed by atoms with Crippen molar-refractivity contribution in [3.8, 4) is 0 Å². The Morgan fingerprint density at radius 2 is 2.11 bits per heavy atom. The lowest BCUT2D eigenvalue weighted by Crippen LogP contribution is -2.49. The lowest BCUT2D eigenvalue weighted by Gasteiger charge is -2.39. The van der Waals surface area contributed by atoms with Crippen molar-refractivity contribution < 1.29 is 13.2 Å². The van der Waals surface area contributed by atoms with Crippen LogP contribution in [0.15, 0.2) is 0 Å². The van der Waals surface area contributed by atoms with Gasteiger partial charge >= 0.3 is 0 Å². The van der Waals surface area contributed by atoms with Crippen molar-refractivity contribution in [3.05, 3.63) is 0 Å². The Kier molecular flexibility index (Phi) is 5.16. The summed E-state index contributed by atoms with van der Waals surface area (Å²) < 4.78 is 31.8. The lowest BCUT2D eigenvalue weighted by atomic mass is 9.97. The van der Waals surface area contributed by atoms with Crippen LogP contribution in [0.25, 0.3) is 0 Å². The molecule has 2 fully saturated rings. The molecule has 0 aromatic carbocycles. The molecule has 5 nitrogen and oxygen atoms in total. The molecule has 2 aliphatic heterocycles. The summed E-state index contributed by atoms with van der Waals surface area (Å²) in [5, 5.41) is 0. The van der Waals surface area contributed by atoms with Crippen molar-refractivity contribution in [2.75, 3.05) is 38.2 Å². The molecule has 0 bridgehead atoms. The maximum Gasteiger partial charge on any atom is 0.216 e. The van der Waals surface area contributed by atoms with Crippen molar-refractivity contribution in [3.63, 3.8) is 0 Å². The molecule has 2 rings (SSSR count). The van der Waals surface area contributed by atoms with Crippen molar-refractivity contribution in [2.45, 2.75) is 36.5 Å². The third kappa shape index (κ3) is 3.64. The summed E-state index contributed by atoms with van der Waals surface area (Å²) in [6, 6.07) is 0. The highest BCUT2D eigenvalue weighted by atomic mass is 32.2. The van der Waals surface area contributed by atoms with Crippen LogP contribution in [0.1, 0.15) is 25.7 Å².